The van der Waals surface area contributed by atoms with E-state index in [1.165, 1.54) is 6.33 Å². The van der Waals surface area contributed by atoms with Crippen LogP contribution < -0.4 is 4.90 Å². The van der Waals surface area contributed by atoms with Crippen molar-refractivity contribution in [3.05, 3.63) is 12.2 Å². The first-order valence-corrected chi connectivity index (χ1v) is 8.39. The quantitative estimate of drug-likeness (QED) is 0.832. The molecule has 3 heterocycles. The van der Waals surface area contributed by atoms with Gasteiger partial charge in [0, 0.05) is 13.1 Å². The number of hydrogen-bond donors (Lipinski definition) is 1. The minimum absolute atomic E-state index is 0.0345. The molecule has 0 aliphatic carbocycles. The standard InChI is InChI=1S/C16H20F3N5O2/c1-4-26-14(25)15(9(2)3)5-6-24(7-15)12-10-11(21-8-20-10)22-13(23-12)16(17,18)19/h8-9H,4-7H2,1-3H3,(H,20,21,22,23). The largest absolute Gasteiger partial charge is 0.466 e. The molecule has 1 N–H and O–H groups in total. The Kier molecular flexibility index (Phi) is 4.53. The summed E-state index contributed by atoms with van der Waals surface area (Å²) in [5.41, 5.74) is -0.520. The molecule has 1 aliphatic heterocycles. The summed E-state index contributed by atoms with van der Waals surface area (Å²) in [5, 5.41) is 0. The summed E-state index contributed by atoms with van der Waals surface area (Å²) >= 11 is 0. The molecule has 3 rings (SSSR count). The lowest BCUT2D eigenvalue weighted by molar-refractivity contribution is -0.157. The van der Waals surface area contributed by atoms with Crippen LogP contribution in [-0.4, -0.2) is 45.6 Å². The Balaban J connectivity index is 2.02. The van der Waals surface area contributed by atoms with Crippen LogP contribution in [0.25, 0.3) is 11.2 Å². The van der Waals surface area contributed by atoms with E-state index >= 15 is 0 Å². The second-order valence-corrected chi connectivity index (χ2v) is 6.67. The molecule has 1 unspecified atom stereocenters. The van der Waals surface area contributed by atoms with Crippen LogP contribution in [0, 0.1) is 11.3 Å². The molecular formula is C16H20F3N5O2. The number of carbonyl (C=O) groups excluding carboxylic acids is 1. The van der Waals surface area contributed by atoms with Crippen molar-refractivity contribution < 1.29 is 22.7 Å². The van der Waals surface area contributed by atoms with Crippen molar-refractivity contribution in [3.63, 3.8) is 0 Å². The van der Waals surface area contributed by atoms with Gasteiger partial charge in [-0.15, -0.1) is 0 Å². The monoisotopic (exact) mass is 371 g/mol. The molecule has 0 radical (unpaired) electrons. The van der Waals surface area contributed by atoms with E-state index in [-0.39, 0.29) is 36.5 Å². The predicted molar refractivity (Wildman–Crippen MR) is 87.4 cm³/mol. The summed E-state index contributed by atoms with van der Waals surface area (Å²) < 4.78 is 44.7. The number of anilines is 1. The topological polar surface area (TPSA) is 84.0 Å². The van der Waals surface area contributed by atoms with E-state index < -0.39 is 17.4 Å². The fourth-order valence-electron chi connectivity index (χ4n) is 3.34. The maximum absolute atomic E-state index is 13.1. The lowest BCUT2D eigenvalue weighted by atomic mass is 9.76. The number of H-pyrrole nitrogens is 1. The second kappa shape index (κ2) is 6.40. The van der Waals surface area contributed by atoms with Crippen molar-refractivity contribution in [2.45, 2.75) is 33.4 Å². The summed E-state index contributed by atoms with van der Waals surface area (Å²) in [4.78, 5) is 28.0. The van der Waals surface area contributed by atoms with Gasteiger partial charge in [0.2, 0.25) is 5.82 Å². The zero-order valence-electron chi connectivity index (χ0n) is 14.7. The maximum atomic E-state index is 13.1. The number of carbonyl (C=O) groups is 1. The Morgan fingerprint density at radius 3 is 2.77 bits per heavy atom. The number of nitrogens with zero attached hydrogens (tertiary/aromatic N) is 4. The zero-order valence-corrected chi connectivity index (χ0v) is 14.7. The van der Waals surface area contributed by atoms with Gasteiger partial charge >= 0.3 is 12.1 Å². The number of nitrogens with one attached hydrogen (secondary N) is 1. The normalized spacial score (nSPS) is 21.0. The predicted octanol–water partition coefficient (Wildman–Crippen LogP) is 2.79. The number of halogens is 3. The molecule has 0 spiro atoms. The van der Waals surface area contributed by atoms with E-state index in [9.17, 15) is 18.0 Å². The van der Waals surface area contributed by atoms with Crippen LogP contribution >= 0.6 is 0 Å². The summed E-state index contributed by atoms with van der Waals surface area (Å²) in [5.74, 6) is -1.51. The highest BCUT2D eigenvalue weighted by Crippen LogP contribution is 2.42. The Morgan fingerprint density at radius 2 is 2.15 bits per heavy atom. The van der Waals surface area contributed by atoms with E-state index in [0.717, 1.165) is 0 Å². The molecule has 1 saturated heterocycles. The third-order valence-electron chi connectivity index (χ3n) is 4.91. The Labute approximate surface area is 148 Å². The highest BCUT2D eigenvalue weighted by molar-refractivity contribution is 5.85. The van der Waals surface area contributed by atoms with Crippen LogP contribution in [0.3, 0.4) is 0 Å². The lowest BCUT2D eigenvalue weighted by Crippen LogP contribution is -2.41. The second-order valence-electron chi connectivity index (χ2n) is 6.67. The van der Waals surface area contributed by atoms with Crippen LogP contribution in [0.4, 0.5) is 19.0 Å². The van der Waals surface area contributed by atoms with Crippen molar-refractivity contribution in [2.24, 2.45) is 11.3 Å². The summed E-state index contributed by atoms with van der Waals surface area (Å²) in [6, 6.07) is 0. The average molecular weight is 371 g/mol. The Morgan fingerprint density at radius 1 is 1.42 bits per heavy atom. The van der Waals surface area contributed by atoms with Crippen molar-refractivity contribution in [1.29, 1.82) is 0 Å². The molecule has 0 saturated carbocycles. The van der Waals surface area contributed by atoms with Gasteiger partial charge < -0.3 is 14.6 Å². The molecule has 2 aromatic rings. The summed E-state index contributed by atoms with van der Waals surface area (Å²) in [6.45, 7) is 6.42. The van der Waals surface area contributed by atoms with E-state index in [0.29, 0.717) is 18.5 Å². The van der Waals surface area contributed by atoms with Gasteiger partial charge in [-0.1, -0.05) is 13.8 Å². The van der Waals surface area contributed by atoms with Crippen molar-refractivity contribution in [2.75, 3.05) is 24.6 Å². The number of imidazole rings is 1. The first-order chi connectivity index (χ1) is 12.2. The van der Waals surface area contributed by atoms with Crippen molar-refractivity contribution >= 4 is 23.0 Å². The number of aromatic amines is 1. The minimum Gasteiger partial charge on any atom is -0.466 e. The molecule has 10 heteroatoms. The van der Waals surface area contributed by atoms with Gasteiger partial charge in [0.25, 0.3) is 0 Å². The minimum atomic E-state index is -4.68. The number of alkyl halides is 3. The van der Waals surface area contributed by atoms with Crippen LogP contribution in [-0.2, 0) is 15.7 Å². The average Bonchev–Trinajstić information content (AvgIpc) is 3.21. The number of hydrogen-bond acceptors (Lipinski definition) is 6. The van der Waals surface area contributed by atoms with Gasteiger partial charge in [0.1, 0.15) is 5.52 Å². The Bertz CT molecular complexity index is 820. The first kappa shape index (κ1) is 18.4. The van der Waals surface area contributed by atoms with E-state index in [2.05, 4.69) is 19.9 Å². The third kappa shape index (κ3) is 2.97. The molecule has 0 aromatic carbocycles. The van der Waals surface area contributed by atoms with Crippen LogP contribution in [0.1, 0.15) is 33.0 Å². The molecular weight excluding hydrogens is 351 g/mol. The van der Waals surface area contributed by atoms with Gasteiger partial charge in [0.05, 0.1) is 18.3 Å². The highest BCUT2D eigenvalue weighted by atomic mass is 19.4. The molecule has 1 fully saturated rings. The highest BCUT2D eigenvalue weighted by Gasteiger charge is 2.49. The van der Waals surface area contributed by atoms with Gasteiger partial charge in [-0.3, -0.25) is 4.79 Å². The number of ether oxygens (including phenoxy) is 1. The van der Waals surface area contributed by atoms with Crippen LogP contribution in [0.15, 0.2) is 6.33 Å². The van der Waals surface area contributed by atoms with Crippen molar-refractivity contribution in [3.8, 4) is 0 Å². The van der Waals surface area contributed by atoms with Gasteiger partial charge in [-0.2, -0.15) is 13.2 Å². The van der Waals surface area contributed by atoms with E-state index in [1.54, 1.807) is 11.8 Å². The number of esters is 1. The molecule has 1 atom stereocenters. The molecule has 0 bridgehead atoms. The van der Waals surface area contributed by atoms with E-state index in [1.807, 2.05) is 13.8 Å². The lowest BCUT2D eigenvalue weighted by Gasteiger charge is -2.31. The summed E-state index contributed by atoms with van der Waals surface area (Å²) in [7, 11) is 0. The smallest absolute Gasteiger partial charge is 0.451 e. The van der Waals surface area contributed by atoms with Gasteiger partial charge in [-0.25, -0.2) is 15.0 Å². The zero-order chi connectivity index (χ0) is 19.1. The molecule has 26 heavy (non-hydrogen) atoms. The third-order valence-corrected chi connectivity index (χ3v) is 4.91. The Hall–Kier alpha value is -2.39. The molecule has 142 valence electrons. The van der Waals surface area contributed by atoms with Crippen molar-refractivity contribution in [1.82, 2.24) is 19.9 Å². The van der Waals surface area contributed by atoms with Gasteiger partial charge in [0.15, 0.2) is 11.5 Å². The first-order valence-electron chi connectivity index (χ1n) is 8.39. The molecule has 1 aliphatic rings. The molecule has 7 nitrogen and oxygen atoms in total. The fraction of sp³-hybridized carbons (Fsp3) is 0.625. The maximum Gasteiger partial charge on any atom is 0.451 e. The fourth-order valence-corrected chi connectivity index (χ4v) is 3.34. The number of aromatic nitrogens is 4. The molecule has 0 amide bonds. The number of rotatable bonds is 4. The number of fused-ring (bicyclic) bond motifs is 1. The van der Waals surface area contributed by atoms with Gasteiger partial charge in [-0.05, 0) is 19.3 Å². The SMILES string of the molecule is CCOC(=O)C1(C(C)C)CCN(c2nc(C(F)(F)F)nc3nc[nH]c23)C1. The van der Waals surface area contributed by atoms with Crippen LogP contribution in [0.2, 0.25) is 0 Å². The molecule has 2 aromatic heterocycles. The van der Waals surface area contributed by atoms with Crippen LogP contribution in [0.5, 0.6) is 0 Å². The van der Waals surface area contributed by atoms with E-state index in [4.69, 9.17) is 4.74 Å². The summed E-state index contributed by atoms with van der Waals surface area (Å²) in [6.07, 6.45) is -2.93.